The fourth-order valence-corrected chi connectivity index (χ4v) is 3.44. The first kappa shape index (κ1) is 17.5. The second-order valence-electron chi connectivity index (χ2n) is 5.91. The Hall–Kier alpha value is -2.90. The molecular formula is C18H14Cl2N6O. The molecule has 1 atom stereocenters. The molecule has 7 nitrogen and oxygen atoms in total. The van der Waals surface area contributed by atoms with E-state index in [0.717, 1.165) is 0 Å². The standard InChI is InChI=1S/C18H14Cl2N6O/c1-10-14(17(27)25-13-7-2-3-8-21-13)16(26-18(24-10)22-9-23-26)11-5-4-6-12(19)15(11)20/h2-9,16H,1H3,(H,21,25,27)(H,22,23,24). The minimum absolute atomic E-state index is 0.319. The maximum absolute atomic E-state index is 13.1. The molecule has 1 amide bonds. The Morgan fingerprint density at radius 2 is 2.04 bits per heavy atom. The van der Waals surface area contributed by atoms with Crippen molar-refractivity contribution in [2.75, 3.05) is 10.6 Å². The van der Waals surface area contributed by atoms with Crippen molar-refractivity contribution in [2.45, 2.75) is 13.0 Å². The summed E-state index contributed by atoms with van der Waals surface area (Å²) >= 11 is 12.7. The van der Waals surface area contributed by atoms with E-state index in [0.29, 0.717) is 38.6 Å². The fourth-order valence-electron chi connectivity index (χ4n) is 3.02. The minimum atomic E-state index is -0.585. The van der Waals surface area contributed by atoms with E-state index in [9.17, 15) is 4.79 Å². The molecule has 9 heteroatoms. The third-order valence-electron chi connectivity index (χ3n) is 4.22. The van der Waals surface area contributed by atoms with E-state index in [4.69, 9.17) is 23.2 Å². The molecule has 0 radical (unpaired) electrons. The van der Waals surface area contributed by atoms with Crippen LogP contribution < -0.4 is 10.6 Å². The molecule has 27 heavy (non-hydrogen) atoms. The smallest absolute Gasteiger partial charge is 0.257 e. The Bertz CT molecular complexity index is 1050. The third-order valence-corrected chi connectivity index (χ3v) is 5.06. The number of pyridine rings is 1. The van der Waals surface area contributed by atoms with Crippen molar-refractivity contribution < 1.29 is 4.79 Å². The molecule has 0 bridgehead atoms. The molecule has 1 aliphatic heterocycles. The van der Waals surface area contributed by atoms with E-state index in [1.807, 2.05) is 6.07 Å². The monoisotopic (exact) mass is 400 g/mol. The Kier molecular flexibility index (Phi) is 4.55. The number of anilines is 2. The number of aromatic nitrogens is 4. The number of nitrogens with one attached hydrogen (secondary N) is 2. The lowest BCUT2D eigenvalue weighted by atomic mass is 9.95. The number of benzene rings is 1. The molecule has 0 saturated heterocycles. The topological polar surface area (TPSA) is 84.7 Å². The van der Waals surface area contributed by atoms with Gasteiger partial charge in [0.1, 0.15) is 18.2 Å². The van der Waals surface area contributed by atoms with Gasteiger partial charge >= 0.3 is 0 Å². The van der Waals surface area contributed by atoms with E-state index < -0.39 is 6.04 Å². The number of hydrogen-bond donors (Lipinski definition) is 2. The maximum atomic E-state index is 13.1. The van der Waals surface area contributed by atoms with Gasteiger partial charge in [0.05, 0.1) is 15.6 Å². The van der Waals surface area contributed by atoms with E-state index in [2.05, 4.69) is 25.7 Å². The molecule has 3 heterocycles. The molecule has 0 spiro atoms. The van der Waals surface area contributed by atoms with Crippen molar-refractivity contribution in [1.82, 2.24) is 19.7 Å². The second kappa shape index (κ2) is 7.02. The summed E-state index contributed by atoms with van der Waals surface area (Å²) in [7, 11) is 0. The first-order valence-corrected chi connectivity index (χ1v) is 8.85. The van der Waals surface area contributed by atoms with Crippen LogP contribution in [0.3, 0.4) is 0 Å². The predicted molar refractivity (Wildman–Crippen MR) is 104 cm³/mol. The van der Waals surface area contributed by atoms with Gasteiger partial charge in [-0.3, -0.25) is 4.79 Å². The maximum Gasteiger partial charge on any atom is 0.257 e. The second-order valence-corrected chi connectivity index (χ2v) is 6.69. The Labute approximate surface area is 165 Å². The largest absolute Gasteiger partial charge is 0.328 e. The van der Waals surface area contributed by atoms with Gasteiger partial charge in [0.2, 0.25) is 5.95 Å². The lowest BCUT2D eigenvalue weighted by Crippen LogP contribution is -2.31. The van der Waals surface area contributed by atoms with Gasteiger partial charge in [0.25, 0.3) is 5.91 Å². The number of allylic oxidation sites excluding steroid dienone is 1. The Morgan fingerprint density at radius 3 is 2.81 bits per heavy atom. The van der Waals surface area contributed by atoms with Crippen LogP contribution in [0.25, 0.3) is 0 Å². The summed E-state index contributed by atoms with van der Waals surface area (Å²) in [6, 6.07) is 10.00. The van der Waals surface area contributed by atoms with Crippen LogP contribution in [-0.4, -0.2) is 25.7 Å². The van der Waals surface area contributed by atoms with Gasteiger partial charge in [-0.15, -0.1) is 0 Å². The van der Waals surface area contributed by atoms with E-state index >= 15 is 0 Å². The minimum Gasteiger partial charge on any atom is -0.328 e. The number of rotatable bonds is 3. The van der Waals surface area contributed by atoms with Crippen LogP contribution in [-0.2, 0) is 4.79 Å². The highest BCUT2D eigenvalue weighted by atomic mass is 35.5. The lowest BCUT2D eigenvalue weighted by molar-refractivity contribution is -0.113. The van der Waals surface area contributed by atoms with Gasteiger partial charge < -0.3 is 10.6 Å². The van der Waals surface area contributed by atoms with Crippen molar-refractivity contribution in [1.29, 1.82) is 0 Å². The summed E-state index contributed by atoms with van der Waals surface area (Å²) in [6.07, 6.45) is 3.03. The molecule has 3 aromatic rings. The first-order valence-electron chi connectivity index (χ1n) is 8.10. The van der Waals surface area contributed by atoms with Crippen LogP contribution in [0, 0.1) is 0 Å². The molecule has 1 unspecified atom stereocenters. The van der Waals surface area contributed by atoms with Gasteiger partial charge in [-0.05, 0) is 25.1 Å². The predicted octanol–water partition coefficient (Wildman–Crippen LogP) is 3.91. The summed E-state index contributed by atoms with van der Waals surface area (Å²) < 4.78 is 1.61. The molecule has 1 aromatic carbocycles. The lowest BCUT2D eigenvalue weighted by Gasteiger charge is -2.29. The SMILES string of the molecule is CC1=C(C(=O)Nc2ccccn2)C(c2cccc(Cl)c2Cl)n2ncnc2N1. The van der Waals surface area contributed by atoms with Crippen molar-refractivity contribution in [2.24, 2.45) is 0 Å². The molecule has 136 valence electrons. The van der Waals surface area contributed by atoms with Crippen molar-refractivity contribution in [3.05, 3.63) is 75.8 Å². The summed E-state index contributed by atoms with van der Waals surface area (Å²) in [5.74, 6) is 0.645. The molecule has 0 fully saturated rings. The van der Waals surface area contributed by atoms with Crippen LogP contribution in [0.15, 0.2) is 60.2 Å². The number of amides is 1. The Balaban J connectivity index is 1.82. The van der Waals surface area contributed by atoms with Crippen LogP contribution in [0.1, 0.15) is 18.5 Å². The molecule has 2 N–H and O–H groups in total. The summed E-state index contributed by atoms with van der Waals surface area (Å²) in [4.78, 5) is 21.4. The number of fused-ring (bicyclic) bond motifs is 1. The first-order chi connectivity index (χ1) is 13.1. The molecule has 0 aliphatic carbocycles. The molecule has 1 aliphatic rings. The molecule has 4 rings (SSSR count). The molecule has 0 saturated carbocycles. The van der Waals surface area contributed by atoms with Crippen LogP contribution in [0.2, 0.25) is 10.0 Å². The summed E-state index contributed by atoms with van der Waals surface area (Å²) in [5, 5.41) is 11.0. The number of carbonyl (C=O) groups excluding carboxylic acids is 1. The van der Waals surface area contributed by atoms with E-state index in [-0.39, 0.29) is 5.91 Å². The average molecular weight is 401 g/mol. The van der Waals surface area contributed by atoms with Crippen molar-refractivity contribution in [3.63, 3.8) is 0 Å². The summed E-state index contributed by atoms with van der Waals surface area (Å²) in [5.41, 5.74) is 1.75. The number of carbonyl (C=O) groups is 1. The zero-order valence-corrected chi connectivity index (χ0v) is 15.7. The fraction of sp³-hybridized carbons (Fsp3) is 0.111. The summed E-state index contributed by atoms with van der Waals surface area (Å²) in [6.45, 7) is 1.80. The molecular weight excluding hydrogens is 387 g/mol. The Morgan fingerprint density at radius 1 is 1.19 bits per heavy atom. The average Bonchev–Trinajstić information content (AvgIpc) is 3.12. The van der Waals surface area contributed by atoms with Gasteiger partial charge in [0.15, 0.2) is 0 Å². The highest BCUT2D eigenvalue weighted by Gasteiger charge is 2.35. The number of nitrogens with zero attached hydrogens (tertiary/aromatic N) is 4. The van der Waals surface area contributed by atoms with Crippen LogP contribution >= 0.6 is 23.2 Å². The van der Waals surface area contributed by atoms with Crippen molar-refractivity contribution >= 4 is 40.9 Å². The quantitative estimate of drug-likeness (QED) is 0.695. The van der Waals surface area contributed by atoms with Gasteiger partial charge in [-0.2, -0.15) is 10.1 Å². The zero-order valence-electron chi connectivity index (χ0n) is 14.1. The highest BCUT2D eigenvalue weighted by molar-refractivity contribution is 6.42. The van der Waals surface area contributed by atoms with E-state index in [1.165, 1.54) is 6.33 Å². The van der Waals surface area contributed by atoms with Gasteiger partial charge in [-0.25, -0.2) is 9.67 Å². The van der Waals surface area contributed by atoms with E-state index in [1.54, 1.807) is 48.1 Å². The number of halogens is 2. The van der Waals surface area contributed by atoms with Crippen LogP contribution in [0.4, 0.5) is 11.8 Å². The van der Waals surface area contributed by atoms with Gasteiger partial charge in [-0.1, -0.05) is 41.4 Å². The molecule has 2 aromatic heterocycles. The zero-order chi connectivity index (χ0) is 19.0. The van der Waals surface area contributed by atoms with Gasteiger partial charge in [0, 0.05) is 17.5 Å². The van der Waals surface area contributed by atoms with Crippen LogP contribution in [0.5, 0.6) is 0 Å². The highest BCUT2D eigenvalue weighted by Crippen LogP contribution is 2.40. The number of hydrogen-bond acceptors (Lipinski definition) is 5. The normalized spacial score (nSPS) is 15.9. The van der Waals surface area contributed by atoms with Crippen molar-refractivity contribution in [3.8, 4) is 0 Å². The third kappa shape index (κ3) is 3.15.